The third kappa shape index (κ3) is 4.95. The number of hydrogen-bond donors (Lipinski definition) is 2. The molecular weight excluding hydrogens is 420 g/mol. The number of carbonyl (C=O) groups excluding carboxylic acids is 1. The van der Waals surface area contributed by atoms with E-state index < -0.39 is 0 Å². The van der Waals surface area contributed by atoms with Crippen LogP contribution in [0.15, 0.2) is 72.8 Å². The first-order chi connectivity index (χ1) is 16.5. The average Bonchev–Trinajstić information content (AvgIpc) is 2.84. The third-order valence-electron chi connectivity index (χ3n) is 6.41. The lowest BCUT2D eigenvalue weighted by Crippen LogP contribution is -2.37. The molecule has 0 radical (unpaired) electrons. The van der Waals surface area contributed by atoms with Gasteiger partial charge in [0.05, 0.1) is 5.52 Å². The summed E-state index contributed by atoms with van der Waals surface area (Å²) in [4.78, 5) is 19.9. The summed E-state index contributed by atoms with van der Waals surface area (Å²) in [5.41, 5.74) is 8.59. The molecule has 5 nitrogen and oxygen atoms in total. The molecule has 1 aromatic heterocycles. The predicted octanol–water partition coefficient (Wildman–Crippen LogP) is 5.38. The maximum Gasteiger partial charge on any atom is 0.251 e. The smallest absolute Gasteiger partial charge is 0.251 e. The van der Waals surface area contributed by atoms with Crippen molar-refractivity contribution < 1.29 is 4.79 Å². The number of nitrogens with one attached hydrogen (secondary N) is 2. The van der Waals surface area contributed by atoms with Crippen LogP contribution >= 0.6 is 0 Å². The quantitative estimate of drug-likeness (QED) is 0.414. The van der Waals surface area contributed by atoms with Crippen LogP contribution in [0, 0.1) is 13.8 Å². The van der Waals surface area contributed by atoms with Gasteiger partial charge in [0.15, 0.2) is 0 Å². The summed E-state index contributed by atoms with van der Waals surface area (Å²) in [6.07, 6.45) is 1.07. The number of aryl methyl sites for hydroxylation is 2. The van der Waals surface area contributed by atoms with E-state index in [9.17, 15) is 4.79 Å². The fourth-order valence-corrected chi connectivity index (χ4v) is 4.67. The first-order valence-electron chi connectivity index (χ1n) is 11.9. The standard InChI is InChI=1S/C29H30N4O/c1-20-10-11-22-12-14-33(19-24(22)16-20)15-13-30-29(34)23-6-5-7-25(18-23)32-28-17-21(2)31-27-9-4-3-8-26(27)28/h3-11,16-18H,12-15,19H2,1-2H3,(H,30,34)(H,31,32). The molecular formula is C29H30N4O. The van der Waals surface area contributed by atoms with Crippen molar-refractivity contribution in [2.24, 2.45) is 0 Å². The molecule has 172 valence electrons. The number of benzene rings is 3. The third-order valence-corrected chi connectivity index (χ3v) is 6.41. The van der Waals surface area contributed by atoms with Crippen molar-refractivity contribution in [3.05, 3.63) is 101 Å². The van der Waals surface area contributed by atoms with Crippen LogP contribution in [-0.2, 0) is 13.0 Å². The maximum absolute atomic E-state index is 12.8. The number of anilines is 2. The Hall–Kier alpha value is -3.70. The Morgan fingerprint density at radius 3 is 2.76 bits per heavy atom. The molecule has 0 saturated heterocycles. The summed E-state index contributed by atoms with van der Waals surface area (Å²) in [5, 5.41) is 7.63. The molecule has 0 atom stereocenters. The predicted molar refractivity (Wildman–Crippen MR) is 139 cm³/mol. The average molecular weight is 451 g/mol. The molecule has 0 unspecified atom stereocenters. The molecule has 1 aliphatic heterocycles. The molecule has 2 heterocycles. The van der Waals surface area contributed by atoms with Crippen LogP contribution in [-0.4, -0.2) is 35.4 Å². The molecule has 0 aliphatic carbocycles. The number of pyridine rings is 1. The van der Waals surface area contributed by atoms with E-state index in [-0.39, 0.29) is 5.91 Å². The second-order valence-electron chi connectivity index (χ2n) is 9.09. The number of aromatic nitrogens is 1. The highest BCUT2D eigenvalue weighted by molar-refractivity contribution is 5.96. The monoisotopic (exact) mass is 450 g/mol. The van der Waals surface area contributed by atoms with Crippen LogP contribution in [0.25, 0.3) is 10.9 Å². The zero-order chi connectivity index (χ0) is 23.5. The minimum atomic E-state index is -0.0485. The van der Waals surface area contributed by atoms with Crippen molar-refractivity contribution >= 4 is 28.2 Å². The van der Waals surface area contributed by atoms with E-state index in [2.05, 4.69) is 51.7 Å². The SMILES string of the molecule is Cc1ccc2c(c1)CN(CCNC(=O)c1cccc(Nc3cc(C)nc4ccccc34)c1)CC2. The van der Waals surface area contributed by atoms with Gasteiger partial charge in [-0.25, -0.2) is 0 Å². The lowest BCUT2D eigenvalue weighted by Gasteiger charge is -2.29. The van der Waals surface area contributed by atoms with Crippen molar-refractivity contribution in [3.63, 3.8) is 0 Å². The molecule has 0 fully saturated rings. The number of amides is 1. The molecule has 2 N–H and O–H groups in total. The van der Waals surface area contributed by atoms with Crippen molar-refractivity contribution in [1.82, 2.24) is 15.2 Å². The highest BCUT2D eigenvalue weighted by Crippen LogP contribution is 2.27. The van der Waals surface area contributed by atoms with Crippen LogP contribution in [0.3, 0.4) is 0 Å². The molecule has 1 amide bonds. The number of para-hydroxylation sites is 1. The van der Waals surface area contributed by atoms with Gasteiger partial charge in [-0.1, -0.05) is 48.0 Å². The van der Waals surface area contributed by atoms with E-state index >= 15 is 0 Å². The summed E-state index contributed by atoms with van der Waals surface area (Å²) in [6.45, 7) is 7.59. The van der Waals surface area contributed by atoms with Gasteiger partial charge >= 0.3 is 0 Å². The van der Waals surface area contributed by atoms with E-state index in [4.69, 9.17) is 0 Å². The number of carbonyl (C=O) groups is 1. The largest absolute Gasteiger partial charge is 0.355 e. The van der Waals surface area contributed by atoms with Crippen LogP contribution in [0.5, 0.6) is 0 Å². The zero-order valence-corrected chi connectivity index (χ0v) is 19.8. The summed E-state index contributed by atoms with van der Waals surface area (Å²) in [5.74, 6) is -0.0485. The van der Waals surface area contributed by atoms with Gasteiger partial charge in [-0.05, 0) is 61.7 Å². The first-order valence-corrected chi connectivity index (χ1v) is 11.9. The summed E-state index contributed by atoms with van der Waals surface area (Å²) >= 11 is 0. The lowest BCUT2D eigenvalue weighted by molar-refractivity contribution is 0.0947. The first kappa shape index (κ1) is 22.1. The molecule has 5 rings (SSSR count). The van der Waals surface area contributed by atoms with E-state index in [1.54, 1.807) is 0 Å². The Bertz CT molecular complexity index is 1350. The second-order valence-corrected chi connectivity index (χ2v) is 9.09. The van der Waals surface area contributed by atoms with Crippen molar-refractivity contribution in [2.75, 3.05) is 25.0 Å². The number of rotatable bonds is 6. The van der Waals surface area contributed by atoms with Crippen LogP contribution in [0.1, 0.15) is 32.7 Å². The molecule has 4 aromatic rings. The van der Waals surface area contributed by atoms with Gasteiger partial charge in [0.2, 0.25) is 0 Å². The number of nitrogens with zero attached hydrogens (tertiary/aromatic N) is 2. The van der Waals surface area contributed by atoms with Crippen LogP contribution in [0.4, 0.5) is 11.4 Å². The fraction of sp³-hybridized carbons (Fsp3) is 0.241. The van der Waals surface area contributed by atoms with Crippen molar-refractivity contribution in [2.45, 2.75) is 26.8 Å². The molecule has 34 heavy (non-hydrogen) atoms. The lowest BCUT2D eigenvalue weighted by atomic mass is 9.98. The zero-order valence-electron chi connectivity index (χ0n) is 19.8. The van der Waals surface area contributed by atoms with Gasteiger partial charge in [0.25, 0.3) is 5.91 Å². The number of fused-ring (bicyclic) bond motifs is 2. The van der Waals surface area contributed by atoms with E-state index in [1.807, 2.05) is 55.5 Å². The molecule has 1 aliphatic rings. The Labute approximate surface area is 200 Å². The molecule has 3 aromatic carbocycles. The van der Waals surface area contributed by atoms with Gasteiger partial charge in [-0.2, -0.15) is 0 Å². The van der Waals surface area contributed by atoms with Gasteiger partial charge < -0.3 is 10.6 Å². The normalized spacial score (nSPS) is 13.5. The Morgan fingerprint density at radius 2 is 1.85 bits per heavy atom. The molecule has 5 heteroatoms. The Morgan fingerprint density at radius 1 is 0.971 bits per heavy atom. The van der Waals surface area contributed by atoms with Crippen LogP contribution < -0.4 is 10.6 Å². The van der Waals surface area contributed by atoms with Gasteiger partial charge in [0, 0.05) is 54.2 Å². The van der Waals surface area contributed by atoms with Crippen molar-refractivity contribution in [3.8, 4) is 0 Å². The van der Waals surface area contributed by atoms with Gasteiger partial charge in [-0.15, -0.1) is 0 Å². The summed E-state index contributed by atoms with van der Waals surface area (Å²) in [7, 11) is 0. The Kier molecular flexibility index (Phi) is 6.28. The summed E-state index contributed by atoms with van der Waals surface area (Å²) in [6, 6.07) is 24.5. The van der Waals surface area contributed by atoms with Crippen LogP contribution in [0.2, 0.25) is 0 Å². The van der Waals surface area contributed by atoms with E-state index in [0.29, 0.717) is 12.1 Å². The fourth-order valence-electron chi connectivity index (χ4n) is 4.67. The molecule has 0 bridgehead atoms. The van der Waals surface area contributed by atoms with Gasteiger partial charge in [0.1, 0.15) is 0 Å². The highest BCUT2D eigenvalue weighted by Gasteiger charge is 2.16. The topological polar surface area (TPSA) is 57.3 Å². The Balaban J connectivity index is 1.21. The van der Waals surface area contributed by atoms with E-state index in [1.165, 1.54) is 16.7 Å². The molecule has 0 spiro atoms. The molecule has 0 saturated carbocycles. The summed E-state index contributed by atoms with van der Waals surface area (Å²) < 4.78 is 0. The highest BCUT2D eigenvalue weighted by atomic mass is 16.1. The minimum absolute atomic E-state index is 0.0485. The van der Waals surface area contributed by atoms with Crippen molar-refractivity contribution in [1.29, 1.82) is 0 Å². The number of hydrogen-bond acceptors (Lipinski definition) is 4. The maximum atomic E-state index is 12.8. The second kappa shape index (κ2) is 9.65. The van der Waals surface area contributed by atoms with Gasteiger partial charge in [-0.3, -0.25) is 14.7 Å². The van der Waals surface area contributed by atoms with E-state index in [0.717, 1.165) is 54.0 Å². The minimum Gasteiger partial charge on any atom is -0.355 e.